The summed E-state index contributed by atoms with van der Waals surface area (Å²) in [6, 6.07) is 15.7. The van der Waals surface area contributed by atoms with Gasteiger partial charge >= 0.3 is 0 Å². The Morgan fingerprint density at radius 2 is 2.00 bits per heavy atom. The number of fused-ring (bicyclic) bond motifs is 1. The van der Waals surface area contributed by atoms with Crippen molar-refractivity contribution < 1.29 is 0 Å². The number of aryl methyl sites for hydroxylation is 2. The van der Waals surface area contributed by atoms with Crippen molar-refractivity contribution in [3.8, 4) is 0 Å². The number of hydrogen-bond acceptors (Lipinski definition) is 3. The number of nitrogens with two attached hydrogens (primary N) is 1. The van der Waals surface area contributed by atoms with Gasteiger partial charge in [-0.2, -0.15) is 0 Å². The van der Waals surface area contributed by atoms with Crippen LogP contribution in [0.2, 0.25) is 0 Å². The Hall–Kier alpha value is -1.29. The zero-order chi connectivity index (χ0) is 14.8. The summed E-state index contributed by atoms with van der Waals surface area (Å²) in [5.74, 6) is 5.84. The topological polar surface area (TPSA) is 38.0 Å². The number of hydrogen-bond donors (Lipinski definition) is 2. The van der Waals surface area contributed by atoms with Crippen molar-refractivity contribution in [3.05, 3.63) is 64.7 Å². The van der Waals surface area contributed by atoms with Gasteiger partial charge in [0.1, 0.15) is 0 Å². The second kappa shape index (κ2) is 6.22. The Bertz CT molecular complexity index is 614. The fourth-order valence-corrected chi connectivity index (χ4v) is 4.30. The summed E-state index contributed by atoms with van der Waals surface area (Å²) in [4.78, 5) is 1.41. The predicted molar refractivity (Wildman–Crippen MR) is 90.5 cm³/mol. The minimum Gasteiger partial charge on any atom is -0.271 e. The highest BCUT2D eigenvalue weighted by atomic mass is 32.2. The molecule has 3 N–H and O–H groups in total. The van der Waals surface area contributed by atoms with Gasteiger partial charge in [0.25, 0.3) is 0 Å². The molecular weight excluding hydrogens is 276 g/mol. The third kappa shape index (κ3) is 3.15. The van der Waals surface area contributed by atoms with E-state index >= 15 is 0 Å². The van der Waals surface area contributed by atoms with Crippen molar-refractivity contribution in [2.24, 2.45) is 5.84 Å². The molecule has 0 radical (unpaired) electrons. The van der Waals surface area contributed by atoms with Crippen LogP contribution in [0.5, 0.6) is 0 Å². The van der Waals surface area contributed by atoms with Gasteiger partial charge in [-0.25, -0.2) is 0 Å². The van der Waals surface area contributed by atoms with Crippen molar-refractivity contribution in [1.29, 1.82) is 0 Å². The lowest BCUT2D eigenvalue weighted by Crippen LogP contribution is -2.44. The van der Waals surface area contributed by atoms with Gasteiger partial charge in [0.2, 0.25) is 0 Å². The van der Waals surface area contributed by atoms with E-state index in [4.69, 9.17) is 5.84 Å². The van der Waals surface area contributed by atoms with E-state index in [2.05, 4.69) is 61.7 Å². The molecule has 1 heterocycles. The molecule has 3 rings (SSSR count). The zero-order valence-electron chi connectivity index (χ0n) is 12.6. The normalized spacial score (nSPS) is 18.5. The number of thioether (sulfide) groups is 1. The number of rotatable bonds is 4. The molecule has 2 atom stereocenters. The molecule has 0 amide bonds. The zero-order valence-corrected chi connectivity index (χ0v) is 13.4. The summed E-state index contributed by atoms with van der Waals surface area (Å²) in [5.41, 5.74) is 8.55. The first-order valence-electron chi connectivity index (χ1n) is 7.44. The molecule has 2 aromatic carbocycles. The second-order valence-electron chi connectivity index (χ2n) is 5.86. The molecule has 2 unspecified atom stereocenters. The molecule has 0 fully saturated rings. The van der Waals surface area contributed by atoms with Crippen LogP contribution in [0.4, 0.5) is 0 Å². The molecule has 110 valence electrons. The van der Waals surface area contributed by atoms with Crippen molar-refractivity contribution in [3.63, 3.8) is 0 Å². The Labute approximate surface area is 131 Å². The van der Waals surface area contributed by atoms with Gasteiger partial charge in [-0.3, -0.25) is 11.3 Å². The fourth-order valence-electron chi connectivity index (χ4n) is 2.92. The highest BCUT2D eigenvalue weighted by Gasteiger charge is 2.28. The molecule has 0 spiro atoms. The molecule has 3 heteroatoms. The Morgan fingerprint density at radius 1 is 1.19 bits per heavy atom. The quantitative estimate of drug-likeness (QED) is 0.671. The second-order valence-corrected chi connectivity index (χ2v) is 7.15. The van der Waals surface area contributed by atoms with Crippen LogP contribution in [-0.2, 0) is 12.8 Å². The third-order valence-corrected chi connectivity index (χ3v) is 5.81. The van der Waals surface area contributed by atoms with Gasteiger partial charge in [0.15, 0.2) is 0 Å². The third-order valence-electron chi connectivity index (χ3n) is 4.36. The molecule has 0 bridgehead atoms. The van der Waals surface area contributed by atoms with Crippen LogP contribution in [0.25, 0.3) is 0 Å². The first kappa shape index (κ1) is 14.6. The van der Waals surface area contributed by atoms with Crippen LogP contribution in [0.1, 0.15) is 22.3 Å². The van der Waals surface area contributed by atoms with Crippen molar-refractivity contribution in [2.75, 3.05) is 0 Å². The largest absolute Gasteiger partial charge is 0.271 e. The smallest absolute Gasteiger partial charge is 0.0376 e. The van der Waals surface area contributed by atoms with E-state index < -0.39 is 0 Å². The minimum atomic E-state index is 0.296. The molecule has 21 heavy (non-hydrogen) atoms. The van der Waals surface area contributed by atoms with Gasteiger partial charge in [0, 0.05) is 16.2 Å². The van der Waals surface area contributed by atoms with Crippen LogP contribution in [-0.4, -0.2) is 11.3 Å². The van der Waals surface area contributed by atoms with E-state index in [0.29, 0.717) is 11.3 Å². The van der Waals surface area contributed by atoms with Crippen LogP contribution in [0.15, 0.2) is 47.4 Å². The maximum Gasteiger partial charge on any atom is 0.0376 e. The molecule has 1 aliphatic heterocycles. The van der Waals surface area contributed by atoms with E-state index in [1.54, 1.807) is 0 Å². The van der Waals surface area contributed by atoms with E-state index in [0.717, 1.165) is 12.8 Å². The number of hydrazine groups is 1. The molecule has 0 saturated heterocycles. The lowest BCUT2D eigenvalue weighted by atomic mass is 9.97. The van der Waals surface area contributed by atoms with Gasteiger partial charge in [-0.05, 0) is 55.0 Å². The summed E-state index contributed by atoms with van der Waals surface area (Å²) in [6.45, 7) is 4.32. The summed E-state index contributed by atoms with van der Waals surface area (Å²) in [5, 5.41) is 0.508. The van der Waals surface area contributed by atoms with E-state index in [1.165, 1.54) is 27.1 Å². The summed E-state index contributed by atoms with van der Waals surface area (Å²) in [6.07, 6.45) is 2.07. The average Bonchev–Trinajstić information content (AvgIpc) is 2.92. The SMILES string of the molecule is Cc1ccc(CC(NN)C2Cc3ccccc3S2)cc1C. The molecule has 0 aromatic heterocycles. The van der Waals surface area contributed by atoms with Crippen molar-refractivity contribution >= 4 is 11.8 Å². The molecule has 0 saturated carbocycles. The Morgan fingerprint density at radius 3 is 2.71 bits per heavy atom. The summed E-state index contributed by atoms with van der Waals surface area (Å²) >= 11 is 1.95. The molecule has 0 aliphatic carbocycles. The van der Waals surface area contributed by atoms with Crippen molar-refractivity contribution in [1.82, 2.24) is 5.43 Å². The fraction of sp³-hybridized carbons (Fsp3) is 0.333. The standard InChI is InChI=1S/C18H22N2S/c1-12-7-8-14(9-13(12)2)10-16(20-19)18-11-15-5-3-4-6-17(15)21-18/h3-9,16,18,20H,10-11,19H2,1-2H3. The van der Waals surface area contributed by atoms with E-state index in [1.807, 2.05) is 11.8 Å². The Kier molecular flexibility index (Phi) is 4.34. The highest BCUT2D eigenvalue weighted by Crippen LogP contribution is 2.38. The molecular formula is C18H22N2S. The van der Waals surface area contributed by atoms with Crippen LogP contribution >= 0.6 is 11.8 Å². The first-order chi connectivity index (χ1) is 10.2. The first-order valence-corrected chi connectivity index (χ1v) is 8.32. The van der Waals surface area contributed by atoms with Crippen LogP contribution < -0.4 is 11.3 Å². The number of nitrogens with one attached hydrogen (secondary N) is 1. The van der Waals surface area contributed by atoms with Crippen molar-refractivity contribution in [2.45, 2.75) is 42.9 Å². The van der Waals surface area contributed by atoms with Gasteiger partial charge in [-0.1, -0.05) is 36.4 Å². The van der Waals surface area contributed by atoms with Gasteiger partial charge < -0.3 is 0 Å². The maximum absolute atomic E-state index is 5.84. The average molecular weight is 298 g/mol. The van der Waals surface area contributed by atoms with Gasteiger partial charge in [0.05, 0.1) is 0 Å². The Balaban J connectivity index is 1.73. The van der Waals surface area contributed by atoms with Crippen LogP contribution in [0.3, 0.4) is 0 Å². The monoisotopic (exact) mass is 298 g/mol. The molecule has 2 aromatic rings. The lowest BCUT2D eigenvalue weighted by molar-refractivity contribution is 0.506. The van der Waals surface area contributed by atoms with E-state index in [-0.39, 0.29) is 0 Å². The lowest BCUT2D eigenvalue weighted by Gasteiger charge is -2.22. The van der Waals surface area contributed by atoms with Crippen LogP contribution in [0, 0.1) is 13.8 Å². The summed E-state index contributed by atoms with van der Waals surface area (Å²) in [7, 11) is 0. The number of benzene rings is 2. The van der Waals surface area contributed by atoms with Gasteiger partial charge in [-0.15, -0.1) is 11.8 Å². The molecule has 2 nitrogen and oxygen atoms in total. The summed E-state index contributed by atoms with van der Waals surface area (Å²) < 4.78 is 0. The minimum absolute atomic E-state index is 0.296. The predicted octanol–water partition coefficient (Wildman–Crippen LogP) is 3.39. The highest BCUT2D eigenvalue weighted by molar-refractivity contribution is 8.00. The maximum atomic E-state index is 5.84. The molecule has 1 aliphatic rings. The van der Waals surface area contributed by atoms with E-state index in [9.17, 15) is 0 Å².